The van der Waals surface area contributed by atoms with E-state index in [0.29, 0.717) is 6.61 Å². The molecule has 0 saturated heterocycles. The second-order valence-electron chi connectivity index (χ2n) is 2.90. The monoisotopic (exact) mass is 192 g/mol. The molecular weight excluding hydrogens is 180 g/mol. The SMILES string of the molecule is CCOc1ccc2occ(OC)c2c1. The van der Waals surface area contributed by atoms with Gasteiger partial charge in [-0.2, -0.15) is 0 Å². The van der Waals surface area contributed by atoms with Gasteiger partial charge in [0.15, 0.2) is 5.75 Å². The number of hydrogen-bond acceptors (Lipinski definition) is 3. The lowest BCUT2D eigenvalue weighted by molar-refractivity contribution is 0.340. The molecule has 0 aliphatic carbocycles. The largest absolute Gasteiger partial charge is 0.494 e. The highest BCUT2D eigenvalue weighted by Crippen LogP contribution is 2.30. The van der Waals surface area contributed by atoms with Crippen LogP contribution in [0.3, 0.4) is 0 Å². The Hall–Kier alpha value is -1.64. The Kier molecular flexibility index (Phi) is 2.31. The van der Waals surface area contributed by atoms with E-state index in [1.54, 1.807) is 13.4 Å². The zero-order valence-corrected chi connectivity index (χ0v) is 8.24. The summed E-state index contributed by atoms with van der Waals surface area (Å²) in [6, 6.07) is 5.68. The predicted octanol–water partition coefficient (Wildman–Crippen LogP) is 2.84. The van der Waals surface area contributed by atoms with Crippen LogP contribution in [0, 0.1) is 0 Å². The van der Waals surface area contributed by atoms with Gasteiger partial charge in [0.1, 0.15) is 17.6 Å². The molecule has 0 radical (unpaired) electrons. The van der Waals surface area contributed by atoms with Gasteiger partial charge in [-0.1, -0.05) is 0 Å². The zero-order chi connectivity index (χ0) is 9.97. The second-order valence-corrected chi connectivity index (χ2v) is 2.90. The average molecular weight is 192 g/mol. The highest BCUT2D eigenvalue weighted by molar-refractivity contribution is 5.85. The maximum absolute atomic E-state index is 5.39. The van der Waals surface area contributed by atoms with Crippen molar-refractivity contribution in [1.82, 2.24) is 0 Å². The van der Waals surface area contributed by atoms with Crippen LogP contribution in [0.1, 0.15) is 6.92 Å². The molecule has 3 heteroatoms. The lowest BCUT2D eigenvalue weighted by Gasteiger charge is -2.02. The van der Waals surface area contributed by atoms with Crippen LogP contribution in [0.15, 0.2) is 28.9 Å². The summed E-state index contributed by atoms with van der Waals surface area (Å²) >= 11 is 0. The van der Waals surface area contributed by atoms with E-state index in [0.717, 1.165) is 22.5 Å². The molecule has 3 nitrogen and oxygen atoms in total. The Balaban J connectivity index is 2.50. The van der Waals surface area contributed by atoms with Crippen LogP contribution in [-0.2, 0) is 0 Å². The third kappa shape index (κ3) is 1.41. The fourth-order valence-corrected chi connectivity index (χ4v) is 1.40. The number of furan rings is 1. The van der Waals surface area contributed by atoms with Gasteiger partial charge < -0.3 is 13.9 Å². The van der Waals surface area contributed by atoms with Gasteiger partial charge in [-0.15, -0.1) is 0 Å². The maximum Gasteiger partial charge on any atom is 0.164 e. The summed E-state index contributed by atoms with van der Waals surface area (Å²) in [6.07, 6.45) is 1.60. The molecule has 14 heavy (non-hydrogen) atoms. The van der Waals surface area contributed by atoms with Crippen LogP contribution in [0.5, 0.6) is 11.5 Å². The Bertz CT molecular complexity index is 431. The molecule has 1 aromatic heterocycles. The fourth-order valence-electron chi connectivity index (χ4n) is 1.40. The number of ether oxygens (including phenoxy) is 2. The molecule has 2 aromatic rings. The van der Waals surface area contributed by atoms with E-state index in [2.05, 4.69) is 0 Å². The molecule has 1 heterocycles. The highest BCUT2D eigenvalue weighted by atomic mass is 16.5. The van der Waals surface area contributed by atoms with Crippen molar-refractivity contribution in [2.24, 2.45) is 0 Å². The van der Waals surface area contributed by atoms with Gasteiger partial charge in [0.05, 0.1) is 19.1 Å². The average Bonchev–Trinajstić information content (AvgIpc) is 2.60. The summed E-state index contributed by atoms with van der Waals surface area (Å²) in [6.45, 7) is 2.61. The van der Waals surface area contributed by atoms with Gasteiger partial charge in [-0.3, -0.25) is 0 Å². The number of rotatable bonds is 3. The lowest BCUT2D eigenvalue weighted by Crippen LogP contribution is -1.90. The minimum absolute atomic E-state index is 0.658. The Labute approximate surface area is 82.2 Å². The molecule has 0 aliphatic rings. The van der Waals surface area contributed by atoms with E-state index in [1.807, 2.05) is 25.1 Å². The fraction of sp³-hybridized carbons (Fsp3) is 0.273. The van der Waals surface area contributed by atoms with E-state index < -0.39 is 0 Å². The van der Waals surface area contributed by atoms with Crippen LogP contribution in [-0.4, -0.2) is 13.7 Å². The summed E-state index contributed by atoms with van der Waals surface area (Å²) in [4.78, 5) is 0. The summed E-state index contributed by atoms with van der Waals surface area (Å²) < 4.78 is 15.8. The third-order valence-corrected chi connectivity index (χ3v) is 2.04. The van der Waals surface area contributed by atoms with E-state index in [9.17, 15) is 0 Å². The van der Waals surface area contributed by atoms with Crippen LogP contribution in [0.4, 0.5) is 0 Å². The Morgan fingerprint density at radius 3 is 2.93 bits per heavy atom. The van der Waals surface area contributed by atoms with Gasteiger partial charge in [0.2, 0.25) is 0 Å². The van der Waals surface area contributed by atoms with Crippen LogP contribution in [0.25, 0.3) is 11.0 Å². The molecular formula is C11H12O3. The van der Waals surface area contributed by atoms with Gasteiger partial charge in [0, 0.05) is 0 Å². The molecule has 0 atom stereocenters. The van der Waals surface area contributed by atoms with Gasteiger partial charge in [0.25, 0.3) is 0 Å². The molecule has 2 rings (SSSR count). The van der Waals surface area contributed by atoms with Crippen molar-refractivity contribution >= 4 is 11.0 Å². The molecule has 0 fully saturated rings. The van der Waals surface area contributed by atoms with Gasteiger partial charge in [-0.25, -0.2) is 0 Å². The molecule has 74 valence electrons. The maximum atomic E-state index is 5.39. The summed E-state index contributed by atoms with van der Waals surface area (Å²) in [5.41, 5.74) is 0.810. The lowest BCUT2D eigenvalue weighted by atomic mass is 10.2. The molecule has 0 amide bonds. The van der Waals surface area contributed by atoms with E-state index in [-0.39, 0.29) is 0 Å². The van der Waals surface area contributed by atoms with E-state index >= 15 is 0 Å². The van der Waals surface area contributed by atoms with Crippen molar-refractivity contribution < 1.29 is 13.9 Å². The molecule has 0 bridgehead atoms. The van der Waals surface area contributed by atoms with Crippen LogP contribution < -0.4 is 9.47 Å². The normalized spacial score (nSPS) is 10.4. The first-order chi connectivity index (χ1) is 6.85. The van der Waals surface area contributed by atoms with Crippen molar-refractivity contribution in [2.45, 2.75) is 6.92 Å². The minimum atomic E-state index is 0.658. The molecule has 0 unspecified atom stereocenters. The summed E-state index contributed by atoms with van der Waals surface area (Å²) in [7, 11) is 1.62. The van der Waals surface area contributed by atoms with E-state index in [4.69, 9.17) is 13.9 Å². The summed E-state index contributed by atoms with van der Waals surface area (Å²) in [5.74, 6) is 1.57. The molecule has 0 aliphatic heterocycles. The first kappa shape index (κ1) is 8.94. The number of methoxy groups -OCH3 is 1. The quantitative estimate of drug-likeness (QED) is 0.749. The standard InChI is InChI=1S/C11H12O3/c1-3-13-8-4-5-10-9(6-8)11(12-2)7-14-10/h4-7H,3H2,1-2H3. The van der Waals surface area contributed by atoms with Crippen LogP contribution in [0.2, 0.25) is 0 Å². The van der Waals surface area contributed by atoms with Crippen LogP contribution >= 0.6 is 0 Å². The minimum Gasteiger partial charge on any atom is -0.494 e. The number of benzene rings is 1. The first-order valence-corrected chi connectivity index (χ1v) is 4.53. The first-order valence-electron chi connectivity index (χ1n) is 4.53. The van der Waals surface area contributed by atoms with Crippen molar-refractivity contribution in [3.05, 3.63) is 24.5 Å². The predicted molar refractivity (Wildman–Crippen MR) is 53.9 cm³/mol. The number of fused-ring (bicyclic) bond motifs is 1. The second kappa shape index (κ2) is 3.62. The Morgan fingerprint density at radius 2 is 2.21 bits per heavy atom. The summed E-state index contributed by atoms with van der Waals surface area (Å²) in [5, 5.41) is 0.943. The van der Waals surface area contributed by atoms with Crippen molar-refractivity contribution in [3.63, 3.8) is 0 Å². The number of hydrogen-bond donors (Lipinski definition) is 0. The highest BCUT2D eigenvalue weighted by Gasteiger charge is 2.06. The molecule has 0 N–H and O–H groups in total. The molecule has 1 aromatic carbocycles. The van der Waals surface area contributed by atoms with Gasteiger partial charge >= 0.3 is 0 Å². The van der Waals surface area contributed by atoms with Gasteiger partial charge in [-0.05, 0) is 25.1 Å². The smallest absolute Gasteiger partial charge is 0.164 e. The molecule has 0 spiro atoms. The molecule has 0 saturated carbocycles. The topological polar surface area (TPSA) is 31.6 Å². The third-order valence-electron chi connectivity index (χ3n) is 2.04. The van der Waals surface area contributed by atoms with Crippen molar-refractivity contribution in [2.75, 3.05) is 13.7 Å². The Morgan fingerprint density at radius 1 is 1.36 bits per heavy atom. The van der Waals surface area contributed by atoms with E-state index in [1.165, 1.54) is 0 Å². The zero-order valence-electron chi connectivity index (χ0n) is 8.24. The van der Waals surface area contributed by atoms with Crippen molar-refractivity contribution in [1.29, 1.82) is 0 Å². The van der Waals surface area contributed by atoms with Crippen molar-refractivity contribution in [3.8, 4) is 11.5 Å².